The smallest absolute Gasteiger partial charge is 0.0987 e. The van der Waals surface area contributed by atoms with E-state index in [0.29, 0.717) is 11.5 Å². The predicted molar refractivity (Wildman–Crippen MR) is 62.0 cm³/mol. The van der Waals surface area contributed by atoms with Crippen LogP contribution < -0.4 is 0 Å². The van der Waals surface area contributed by atoms with E-state index in [4.69, 9.17) is 10.2 Å². The fraction of sp³-hybridized carbons (Fsp3) is 1.00. The van der Waals surface area contributed by atoms with Crippen LogP contribution in [0.4, 0.5) is 0 Å². The van der Waals surface area contributed by atoms with E-state index in [1.54, 1.807) is 13.8 Å². The van der Waals surface area contributed by atoms with Crippen molar-refractivity contribution in [2.75, 3.05) is 24.7 Å². The van der Waals surface area contributed by atoms with E-state index in [1.165, 1.54) is 0 Å². The minimum absolute atomic E-state index is 0.0338. The van der Waals surface area contributed by atoms with Crippen molar-refractivity contribution in [3.05, 3.63) is 0 Å². The van der Waals surface area contributed by atoms with Crippen molar-refractivity contribution >= 4 is 18.9 Å². The van der Waals surface area contributed by atoms with Gasteiger partial charge in [-0.2, -0.15) is 9.45 Å². The van der Waals surface area contributed by atoms with Crippen molar-refractivity contribution in [2.24, 2.45) is 0 Å². The predicted octanol–water partition coefficient (Wildman–Crippen LogP) is -1.20. The molecule has 0 fully saturated rings. The first kappa shape index (κ1) is 14.5. The molecule has 2 unspecified atom stereocenters. The zero-order chi connectivity index (χ0) is 11.1. The van der Waals surface area contributed by atoms with Crippen LogP contribution in [0.2, 0.25) is 0 Å². The molecule has 6 heteroatoms. The van der Waals surface area contributed by atoms with E-state index < -0.39 is 20.3 Å². The lowest BCUT2D eigenvalue weighted by Crippen LogP contribution is -2.28. The number of aliphatic hydroxyl groups is 4. The first-order valence-electron chi connectivity index (χ1n) is 4.52. The maximum absolute atomic E-state index is 9.50. The molecule has 0 aliphatic carbocycles. The van der Waals surface area contributed by atoms with Crippen molar-refractivity contribution in [1.29, 1.82) is 0 Å². The molecule has 0 saturated carbocycles. The molecule has 2 atom stereocenters. The van der Waals surface area contributed by atoms with Gasteiger partial charge in [-0.1, -0.05) is 0 Å². The second-order valence-electron chi connectivity index (χ2n) is 2.82. The Bertz CT molecular complexity index is 174. The molecule has 4 N–H and O–H groups in total. The molecule has 0 aromatic carbocycles. The summed E-state index contributed by atoms with van der Waals surface area (Å²) in [5.74, 6) is 1.08. The highest BCUT2D eigenvalue weighted by atomic mass is 32.9. The molecule has 0 radical (unpaired) electrons. The van der Waals surface area contributed by atoms with Gasteiger partial charge in [0.1, 0.15) is 0 Å². The summed E-state index contributed by atoms with van der Waals surface area (Å²) in [4.78, 5) is 0. The van der Waals surface area contributed by atoms with E-state index >= 15 is 0 Å². The molecule has 0 rings (SSSR count). The molecule has 0 aromatic rings. The molecule has 0 spiro atoms. The van der Waals surface area contributed by atoms with Crippen molar-refractivity contribution in [3.8, 4) is 0 Å². The van der Waals surface area contributed by atoms with E-state index in [1.807, 2.05) is 0 Å². The van der Waals surface area contributed by atoms with Gasteiger partial charge in [-0.25, -0.2) is 0 Å². The molecule has 0 amide bonds. The molecule has 0 bridgehead atoms. The molecular formula is C8H20O4S2. The Hall–Kier alpha value is 0.540. The minimum Gasteiger partial charge on any atom is -0.396 e. The van der Waals surface area contributed by atoms with Crippen LogP contribution in [0.3, 0.4) is 0 Å². The van der Waals surface area contributed by atoms with Gasteiger partial charge < -0.3 is 20.4 Å². The van der Waals surface area contributed by atoms with Gasteiger partial charge in [0.25, 0.3) is 0 Å². The third-order valence-electron chi connectivity index (χ3n) is 1.58. The summed E-state index contributed by atoms with van der Waals surface area (Å²) < 4.78 is 0. The quantitative estimate of drug-likeness (QED) is 0.473. The van der Waals surface area contributed by atoms with Gasteiger partial charge in [-0.15, -0.1) is 9.45 Å². The van der Waals surface area contributed by atoms with Crippen molar-refractivity contribution in [2.45, 2.75) is 24.7 Å². The highest BCUT2D eigenvalue weighted by Gasteiger charge is 2.14. The standard InChI is InChI=1S/C8H20O4S2/c1-7(11)14(8(2)12)13(5-3-9)6-4-10/h7-12H,3-6H2,1-2H3. The lowest BCUT2D eigenvalue weighted by molar-refractivity contribution is 0.253. The number of rotatable bonds is 6. The number of hydrogen-bond acceptors (Lipinski definition) is 4. The van der Waals surface area contributed by atoms with E-state index in [0.717, 1.165) is 0 Å². The average molecular weight is 244 g/mol. The fourth-order valence-corrected chi connectivity index (χ4v) is 7.50. The highest BCUT2D eigenvalue weighted by molar-refractivity contribution is 8.44. The van der Waals surface area contributed by atoms with Crippen LogP contribution in [-0.2, 0) is 18.9 Å². The first-order chi connectivity index (χ1) is 6.54. The van der Waals surface area contributed by atoms with Crippen molar-refractivity contribution < 1.29 is 20.4 Å². The summed E-state index contributed by atoms with van der Waals surface area (Å²) in [6.45, 7) is 3.35. The summed E-state index contributed by atoms with van der Waals surface area (Å²) in [6.07, 6.45) is 0. The van der Waals surface area contributed by atoms with E-state index in [-0.39, 0.29) is 22.7 Å². The van der Waals surface area contributed by atoms with Crippen LogP contribution in [0.15, 0.2) is 0 Å². The zero-order valence-electron chi connectivity index (χ0n) is 8.59. The molecular weight excluding hydrogens is 224 g/mol. The third kappa shape index (κ3) is 4.86. The van der Waals surface area contributed by atoms with Gasteiger partial charge in [0.2, 0.25) is 0 Å². The van der Waals surface area contributed by atoms with Crippen LogP contribution in [0, 0.1) is 0 Å². The zero-order valence-corrected chi connectivity index (χ0v) is 10.2. The molecule has 0 aliphatic heterocycles. The minimum atomic E-state index is -0.587. The fourth-order valence-electron chi connectivity index (χ4n) is 1.18. The van der Waals surface area contributed by atoms with Crippen LogP contribution >= 0.6 is 0 Å². The number of hydrogen-bond donors (Lipinski definition) is 4. The topological polar surface area (TPSA) is 80.9 Å². The monoisotopic (exact) mass is 244 g/mol. The van der Waals surface area contributed by atoms with Crippen LogP contribution in [0.25, 0.3) is 0 Å². The Kier molecular flexibility index (Phi) is 8.08. The normalized spacial score (nSPS) is 18.2. The average Bonchev–Trinajstić information content (AvgIpc) is 2.03. The maximum atomic E-state index is 9.50. The molecule has 14 heavy (non-hydrogen) atoms. The van der Waals surface area contributed by atoms with Gasteiger partial charge in [0.15, 0.2) is 0 Å². The summed E-state index contributed by atoms with van der Waals surface area (Å²) in [7, 11) is -0.841. The molecule has 0 saturated heterocycles. The Morgan fingerprint density at radius 1 is 0.929 bits per heavy atom. The van der Waals surface area contributed by atoms with Crippen LogP contribution in [0.5, 0.6) is 0 Å². The number of aliphatic hydroxyl groups excluding tert-OH is 4. The molecule has 0 aromatic heterocycles. The summed E-state index contributed by atoms with van der Waals surface area (Å²) >= 11 is 0. The van der Waals surface area contributed by atoms with Crippen molar-refractivity contribution in [3.63, 3.8) is 0 Å². The van der Waals surface area contributed by atoms with Crippen LogP contribution in [0.1, 0.15) is 13.8 Å². The first-order valence-corrected chi connectivity index (χ1v) is 7.95. The largest absolute Gasteiger partial charge is 0.396 e. The summed E-state index contributed by atoms with van der Waals surface area (Å²) in [5, 5.41) is 36.7. The second kappa shape index (κ2) is 7.78. The highest BCUT2D eigenvalue weighted by Crippen LogP contribution is 2.07. The Balaban J connectivity index is 4.83. The Morgan fingerprint density at radius 2 is 1.29 bits per heavy atom. The van der Waals surface area contributed by atoms with E-state index in [9.17, 15) is 10.2 Å². The van der Waals surface area contributed by atoms with Gasteiger partial charge in [-0.3, -0.25) is 0 Å². The van der Waals surface area contributed by atoms with E-state index in [2.05, 4.69) is 0 Å². The van der Waals surface area contributed by atoms with Gasteiger partial charge in [0.05, 0.1) is 24.1 Å². The van der Waals surface area contributed by atoms with Crippen molar-refractivity contribution in [1.82, 2.24) is 0 Å². The lowest BCUT2D eigenvalue weighted by Gasteiger charge is -2.21. The van der Waals surface area contributed by atoms with Gasteiger partial charge in [-0.05, 0) is 13.8 Å². The van der Waals surface area contributed by atoms with Gasteiger partial charge in [0, 0.05) is 11.5 Å². The maximum Gasteiger partial charge on any atom is 0.0987 e. The summed E-state index contributed by atoms with van der Waals surface area (Å²) in [5.41, 5.74) is -1.17. The molecule has 0 aliphatic rings. The van der Waals surface area contributed by atoms with Crippen LogP contribution in [-0.4, -0.2) is 56.0 Å². The summed E-state index contributed by atoms with van der Waals surface area (Å²) in [6, 6.07) is 0. The Labute approximate surface area is 89.1 Å². The molecule has 4 nitrogen and oxygen atoms in total. The Morgan fingerprint density at radius 3 is 1.50 bits per heavy atom. The molecule has 0 heterocycles. The SMILES string of the molecule is CC(O)S(C(C)O)=S(CCO)CCO. The molecule has 88 valence electrons. The third-order valence-corrected chi connectivity index (χ3v) is 9.05. The lowest BCUT2D eigenvalue weighted by atomic mass is 10.9. The second-order valence-corrected chi connectivity index (χ2v) is 9.11. The van der Waals surface area contributed by atoms with Gasteiger partial charge >= 0.3 is 0 Å².